The van der Waals surface area contributed by atoms with E-state index in [2.05, 4.69) is 19.9 Å². The van der Waals surface area contributed by atoms with Crippen molar-refractivity contribution in [3.63, 3.8) is 0 Å². The van der Waals surface area contributed by atoms with E-state index in [1.54, 1.807) is 13.0 Å². The average Bonchev–Trinajstić information content (AvgIpc) is 2.90. The molecule has 0 aromatic carbocycles. The van der Waals surface area contributed by atoms with Gasteiger partial charge in [0.05, 0.1) is 0 Å². The van der Waals surface area contributed by atoms with Crippen LogP contribution in [0.3, 0.4) is 0 Å². The lowest BCUT2D eigenvalue weighted by Crippen LogP contribution is -2.58. The van der Waals surface area contributed by atoms with Crippen molar-refractivity contribution in [2.75, 3.05) is 0 Å². The molecular formula is C23H29ClO4. The molecule has 0 aromatic rings. The molecule has 0 radical (unpaired) electrons. The van der Waals surface area contributed by atoms with Gasteiger partial charge in [0, 0.05) is 23.8 Å². The van der Waals surface area contributed by atoms with E-state index in [1.165, 1.54) is 6.92 Å². The number of hydrogen-bond donors (Lipinski definition) is 0. The van der Waals surface area contributed by atoms with Crippen molar-refractivity contribution < 1.29 is 19.1 Å². The standard InChI is InChI=1S/C23H29ClO4/c1-13(25)23(28-14(2)26)10-7-18-16-12-20(24)19-11-15(27)5-8-21(19,3)17(16)6-9-22(18,23)4/h11-12,16-18H,5-10H2,1-4H3/t16-,17-,18+,21+,22+,23-/m1/s1. The molecule has 0 saturated heterocycles. The summed E-state index contributed by atoms with van der Waals surface area (Å²) in [6.45, 7) is 7.33. The second kappa shape index (κ2) is 6.29. The van der Waals surface area contributed by atoms with E-state index in [9.17, 15) is 14.4 Å². The summed E-state index contributed by atoms with van der Waals surface area (Å²) >= 11 is 6.71. The van der Waals surface area contributed by atoms with Crippen molar-refractivity contribution >= 4 is 29.1 Å². The van der Waals surface area contributed by atoms with Gasteiger partial charge in [-0.2, -0.15) is 0 Å². The Morgan fingerprint density at radius 1 is 1.11 bits per heavy atom. The predicted octanol–water partition coefficient (Wildman–Crippen LogP) is 4.75. The van der Waals surface area contributed by atoms with Gasteiger partial charge >= 0.3 is 5.97 Å². The Hall–Kier alpha value is -1.42. The number of hydrogen-bond acceptors (Lipinski definition) is 4. The maximum Gasteiger partial charge on any atom is 0.303 e. The molecule has 0 spiro atoms. The van der Waals surface area contributed by atoms with E-state index in [0.29, 0.717) is 23.8 Å². The van der Waals surface area contributed by atoms with Crippen LogP contribution in [0.25, 0.3) is 0 Å². The number of allylic oxidation sites excluding steroid dienone is 4. The highest BCUT2D eigenvalue weighted by Crippen LogP contribution is 2.68. The molecule has 152 valence electrons. The maximum absolute atomic E-state index is 12.7. The summed E-state index contributed by atoms with van der Waals surface area (Å²) in [6, 6.07) is 0. The Balaban J connectivity index is 1.79. The zero-order valence-electron chi connectivity index (χ0n) is 17.1. The third-order valence-corrected chi connectivity index (χ3v) is 8.89. The monoisotopic (exact) mass is 404 g/mol. The first-order valence-electron chi connectivity index (χ1n) is 10.4. The molecule has 0 aliphatic heterocycles. The molecule has 5 heteroatoms. The van der Waals surface area contributed by atoms with Crippen LogP contribution in [0.15, 0.2) is 22.8 Å². The van der Waals surface area contributed by atoms with Gasteiger partial charge in [0.1, 0.15) is 0 Å². The number of ether oxygens (including phenoxy) is 1. The quantitative estimate of drug-likeness (QED) is 0.623. The predicted molar refractivity (Wildman–Crippen MR) is 107 cm³/mol. The molecule has 0 N–H and O–H groups in total. The van der Waals surface area contributed by atoms with Crippen molar-refractivity contribution in [1.29, 1.82) is 0 Å². The highest BCUT2D eigenvalue weighted by molar-refractivity contribution is 6.32. The van der Waals surface area contributed by atoms with Crippen LogP contribution >= 0.6 is 11.6 Å². The van der Waals surface area contributed by atoms with E-state index in [-0.39, 0.29) is 40.2 Å². The highest BCUT2D eigenvalue weighted by Gasteiger charge is 2.67. The summed E-state index contributed by atoms with van der Waals surface area (Å²) in [5, 5.41) is 0.689. The number of fused-ring (bicyclic) bond motifs is 5. The molecule has 2 saturated carbocycles. The molecule has 0 heterocycles. The van der Waals surface area contributed by atoms with Crippen LogP contribution in [0.2, 0.25) is 0 Å². The maximum atomic E-state index is 12.7. The van der Waals surface area contributed by atoms with Crippen molar-refractivity contribution in [2.24, 2.45) is 28.6 Å². The largest absolute Gasteiger partial charge is 0.451 e. The fourth-order valence-electron chi connectivity index (χ4n) is 7.13. The Labute approximate surface area is 171 Å². The number of ketones is 2. The normalized spacial score (nSPS) is 44.6. The summed E-state index contributed by atoms with van der Waals surface area (Å²) in [4.78, 5) is 36.6. The molecule has 0 aromatic heterocycles. The number of rotatable bonds is 2. The van der Waals surface area contributed by atoms with Gasteiger partial charge in [-0.25, -0.2) is 0 Å². The van der Waals surface area contributed by atoms with Gasteiger partial charge < -0.3 is 4.74 Å². The molecule has 4 nitrogen and oxygen atoms in total. The molecule has 4 rings (SSSR count). The summed E-state index contributed by atoms with van der Waals surface area (Å²) in [5.74, 6) is 0.584. The minimum Gasteiger partial charge on any atom is -0.451 e. The van der Waals surface area contributed by atoms with Crippen LogP contribution in [-0.2, 0) is 19.1 Å². The molecule has 4 aliphatic rings. The molecule has 2 fully saturated rings. The molecular weight excluding hydrogens is 376 g/mol. The zero-order valence-corrected chi connectivity index (χ0v) is 17.9. The number of Topliss-reactive ketones (excluding diaryl/α,β-unsaturated/α-hetero) is 1. The third-order valence-electron chi connectivity index (χ3n) is 8.56. The van der Waals surface area contributed by atoms with Crippen LogP contribution in [0.4, 0.5) is 0 Å². The van der Waals surface area contributed by atoms with Gasteiger partial charge in [-0.15, -0.1) is 0 Å². The van der Waals surface area contributed by atoms with Crippen molar-refractivity contribution in [2.45, 2.75) is 71.8 Å². The lowest BCUT2D eigenvalue weighted by Gasteiger charge is -2.57. The van der Waals surface area contributed by atoms with Gasteiger partial charge in [0.2, 0.25) is 0 Å². The molecule has 0 amide bonds. The average molecular weight is 405 g/mol. The summed E-state index contributed by atoms with van der Waals surface area (Å²) in [5.41, 5.74) is -0.532. The van der Waals surface area contributed by atoms with Gasteiger partial charge in [0.25, 0.3) is 0 Å². The lowest BCUT2D eigenvalue weighted by molar-refractivity contribution is -0.185. The Morgan fingerprint density at radius 3 is 2.43 bits per heavy atom. The topological polar surface area (TPSA) is 60.4 Å². The number of halogens is 1. The van der Waals surface area contributed by atoms with Crippen molar-refractivity contribution in [3.05, 3.63) is 22.8 Å². The van der Waals surface area contributed by atoms with Gasteiger partial charge in [-0.1, -0.05) is 31.5 Å². The van der Waals surface area contributed by atoms with Crippen molar-refractivity contribution in [1.82, 2.24) is 0 Å². The third kappa shape index (κ3) is 2.46. The first kappa shape index (κ1) is 19.9. The van der Waals surface area contributed by atoms with Crippen LogP contribution in [0.5, 0.6) is 0 Å². The molecule has 28 heavy (non-hydrogen) atoms. The molecule has 4 aliphatic carbocycles. The van der Waals surface area contributed by atoms with E-state index in [0.717, 1.165) is 31.3 Å². The van der Waals surface area contributed by atoms with E-state index in [4.69, 9.17) is 16.3 Å². The molecule has 6 atom stereocenters. The first-order chi connectivity index (χ1) is 13.0. The zero-order chi connectivity index (χ0) is 20.5. The minimum atomic E-state index is -1.03. The Morgan fingerprint density at radius 2 is 1.79 bits per heavy atom. The highest BCUT2D eigenvalue weighted by atomic mass is 35.5. The first-order valence-corrected chi connectivity index (χ1v) is 10.8. The van der Waals surface area contributed by atoms with E-state index < -0.39 is 5.60 Å². The van der Waals surface area contributed by atoms with Crippen LogP contribution < -0.4 is 0 Å². The number of carbonyl (C=O) groups excluding carboxylic acids is 3. The fraction of sp³-hybridized carbons (Fsp3) is 0.696. The van der Waals surface area contributed by atoms with Gasteiger partial charge in [0.15, 0.2) is 17.2 Å². The minimum absolute atomic E-state index is 0.0490. The summed E-state index contributed by atoms with van der Waals surface area (Å²) in [6.07, 6.45) is 8.48. The summed E-state index contributed by atoms with van der Waals surface area (Å²) in [7, 11) is 0. The SMILES string of the molecule is CC(=O)O[C@@]1(C(C)=O)CC[C@H]2[C@@H]3C=C(Cl)C4=CC(=O)CC[C@@]4(C)[C@@H]3CC[C@@]21C. The smallest absolute Gasteiger partial charge is 0.303 e. The summed E-state index contributed by atoms with van der Waals surface area (Å²) < 4.78 is 5.79. The van der Waals surface area contributed by atoms with E-state index >= 15 is 0 Å². The molecule has 0 bridgehead atoms. The van der Waals surface area contributed by atoms with E-state index in [1.807, 2.05) is 0 Å². The Bertz CT molecular complexity index is 826. The lowest BCUT2D eigenvalue weighted by atomic mass is 9.48. The number of carbonyl (C=O) groups is 3. The Kier molecular flexibility index (Phi) is 4.46. The second-order valence-corrected chi connectivity index (χ2v) is 10.1. The van der Waals surface area contributed by atoms with Crippen LogP contribution in [-0.4, -0.2) is 23.1 Å². The van der Waals surface area contributed by atoms with Gasteiger partial charge in [-0.3, -0.25) is 14.4 Å². The fourth-order valence-corrected chi connectivity index (χ4v) is 7.55. The van der Waals surface area contributed by atoms with Gasteiger partial charge in [-0.05, 0) is 73.8 Å². The van der Waals surface area contributed by atoms with Crippen LogP contribution in [0.1, 0.15) is 66.2 Å². The van der Waals surface area contributed by atoms with Crippen LogP contribution in [0, 0.1) is 28.6 Å². The number of esters is 1. The molecule has 0 unspecified atom stereocenters. The van der Waals surface area contributed by atoms with Crippen molar-refractivity contribution in [3.8, 4) is 0 Å². The second-order valence-electron chi connectivity index (χ2n) is 9.72.